The van der Waals surface area contributed by atoms with Gasteiger partial charge in [0.25, 0.3) is 0 Å². The van der Waals surface area contributed by atoms with Crippen LogP contribution in [0.15, 0.2) is 438 Å². The lowest BCUT2D eigenvalue weighted by Gasteiger charge is -2.08. The maximum absolute atomic E-state index is 4.41. The minimum absolute atomic E-state index is 1.01. The Morgan fingerprint density at radius 1 is 0.140 bits per heavy atom. The second kappa shape index (κ2) is 39.8. The van der Waals surface area contributed by atoms with Gasteiger partial charge in [-0.3, -0.25) is 29.9 Å². The smallest absolute Gasteiger partial charge is 0.0702 e. The van der Waals surface area contributed by atoms with E-state index in [1.54, 1.807) is 12.4 Å². The first-order valence-electron chi connectivity index (χ1n) is 38.5. The number of hydrogen-bond acceptors (Lipinski definition) is 6. The molecular weight excluding hydrogens is 1380 g/mol. The Hall–Kier alpha value is -14.5. The number of hydrogen-bond donors (Lipinski definition) is 0. The zero-order chi connectivity index (χ0) is 78.5. The average molecular weight is 1470 g/mol. The molecule has 6 nitrogen and oxygen atoms in total. The van der Waals surface area contributed by atoms with Gasteiger partial charge in [-0.15, -0.1) is 0 Å². The van der Waals surface area contributed by atoms with Crippen molar-refractivity contribution < 1.29 is 0 Å². The minimum atomic E-state index is 1.01. The highest BCUT2D eigenvalue weighted by molar-refractivity contribution is 5.79. The molecule has 0 aliphatic heterocycles. The molecule has 0 bridgehead atoms. The highest BCUT2D eigenvalue weighted by Gasteiger charge is 2.10. The van der Waals surface area contributed by atoms with Crippen LogP contribution in [0.25, 0.3) is 134 Å². The van der Waals surface area contributed by atoms with E-state index in [9.17, 15) is 0 Å². The van der Waals surface area contributed by atoms with E-state index in [0.717, 1.165) is 33.6 Å². The highest BCUT2D eigenvalue weighted by Crippen LogP contribution is 2.34. The SMILES string of the molecule is Cc1ccccc1-c1ccc(-c2ccccn2)cc1.Cc1ccccc1-c1ccc(-c2cccnc2)cc1.Cc1ccccc1-c1ccc(-c2ccncc2)cc1.Cc1ccccc1-c1cccc(-c2ccccn2)c1.Cc1ccccc1-c1cccc(-c2cccnc2)c1.Cc1ccccc1-c1cccc(-c2ccncc2)c1. The summed E-state index contributed by atoms with van der Waals surface area (Å²) in [7, 11) is 0. The fourth-order valence-corrected chi connectivity index (χ4v) is 13.7. The molecule has 6 heteroatoms. The van der Waals surface area contributed by atoms with Crippen LogP contribution in [-0.2, 0) is 0 Å². The van der Waals surface area contributed by atoms with Crippen LogP contribution >= 0.6 is 0 Å². The largest absolute Gasteiger partial charge is 0.265 e. The predicted octanol–water partition coefficient (Wildman–Crippen LogP) is 28.3. The molecule has 0 atom stereocenters. The van der Waals surface area contributed by atoms with Crippen LogP contribution in [0.2, 0.25) is 0 Å². The molecular formula is C108H90N6. The van der Waals surface area contributed by atoms with Crippen LogP contribution < -0.4 is 0 Å². The standard InChI is InChI=1S/6C18H15N/c1-14-6-2-3-10-18(14)16-8-4-7-15(12-16)17-9-5-11-19-13-17;1-14-7-2-3-10-17(14)15-8-6-9-16(13-15)18-11-4-5-12-19-18;1-14-6-2-3-7-17(14)15-9-11-16(12-10-15)18-8-4-5-13-19-18;1-14-5-2-3-8-18(14)17-7-4-6-16(13-17)15-9-11-19-12-10-15;1-14-5-2-3-7-18(14)16-10-8-15(9-11-16)17-6-4-12-19-13-17;1-14-4-2-3-5-18(14)17-8-6-15(7-9-17)16-10-12-19-13-11-16/h6*2-13H,1H3. The van der Waals surface area contributed by atoms with Crippen LogP contribution in [0.4, 0.5) is 0 Å². The number of pyridine rings is 6. The van der Waals surface area contributed by atoms with Gasteiger partial charge in [0.15, 0.2) is 0 Å². The fourth-order valence-electron chi connectivity index (χ4n) is 13.7. The van der Waals surface area contributed by atoms with E-state index in [2.05, 4.69) is 375 Å². The third-order valence-electron chi connectivity index (χ3n) is 19.9. The topological polar surface area (TPSA) is 77.3 Å². The Labute approximate surface area is 672 Å². The molecule has 0 N–H and O–H groups in total. The van der Waals surface area contributed by atoms with Gasteiger partial charge < -0.3 is 0 Å². The van der Waals surface area contributed by atoms with Crippen molar-refractivity contribution in [2.24, 2.45) is 0 Å². The summed E-state index contributed by atoms with van der Waals surface area (Å²) in [4.78, 5) is 25.2. The molecule has 12 aromatic carbocycles. The third kappa shape index (κ3) is 21.1. The normalized spacial score (nSPS) is 10.4. The summed E-state index contributed by atoms with van der Waals surface area (Å²) in [6.07, 6.45) is 18.3. The monoisotopic (exact) mass is 1470 g/mol. The van der Waals surface area contributed by atoms with Crippen molar-refractivity contribution in [2.45, 2.75) is 41.5 Å². The molecule has 0 fully saturated rings. The molecule has 6 heterocycles. The molecule has 0 saturated carbocycles. The molecule has 18 rings (SSSR count). The maximum Gasteiger partial charge on any atom is 0.0702 e. The van der Waals surface area contributed by atoms with Crippen molar-refractivity contribution in [1.82, 2.24) is 29.9 Å². The van der Waals surface area contributed by atoms with E-state index in [1.807, 2.05) is 122 Å². The fraction of sp³-hybridized carbons (Fsp3) is 0.0556. The molecule has 0 unspecified atom stereocenters. The Morgan fingerprint density at radius 3 is 0.719 bits per heavy atom. The molecule has 0 aliphatic carbocycles. The van der Waals surface area contributed by atoms with Gasteiger partial charge in [0.1, 0.15) is 0 Å². The molecule has 0 radical (unpaired) electrons. The van der Waals surface area contributed by atoms with Gasteiger partial charge in [0.05, 0.1) is 11.4 Å². The van der Waals surface area contributed by atoms with Gasteiger partial charge in [-0.25, -0.2) is 0 Å². The number of benzene rings is 12. The van der Waals surface area contributed by atoms with Gasteiger partial charge in [0.2, 0.25) is 0 Å². The average Bonchev–Trinajstić information content (AvgIpc) is 0.762. The first-order chi connectivity index (χ1) is 56.1. The summed E-state index contributed by atoms with van der Waals surface area (Å²) in [5.41, 5.74) is 36.9. The second-order valence-electron chi connectivity index (χ2n) is 27.7. The molecule has 0 aliphatic rings. The summed E-state index contributed by atoms with van der Waals surface area (Å²) in [5.74, 6) is 0. The Balaban J connectivity index is 0.000000119. The van der Waals surface area contributed by atoms with Crippen molar-refractivity contribution in [2.75, 3.05) is 0 Å². The molecule has 18 aromatic rings. The maximum atomic E-state index is 4.41. The molecule has 114 heavy (non-hydrogen) atoms. The molecule has 6 aromatic heterocycles. The van der Waals surface area contributed by atoms with Gasteiger partial charge in [-0.1, -0.05) is 297 Å². The van der Waals surface area contributed by atoms with Gasteiger partial charge in [0, 0.05) is 78.7 Å². The molecule has 552 valence electrons. The Morgan fingerprint density at radius 2 is 0.386 bits per heavy atom. The van der Waals surface area contributed by atoms with Crippen molar-refractivity contribution in [3.8, 4) is 134 Å². The molecule has 0 spiro atoms. The second-order valence-corrected chi connectivity index (χ2v) is 27.7. The van der Waals surface area contributed by atoms with Crippen molar-refractivity contribution >= 4 is 0 Å². The van der Waals surface area contributed by atoms with E-state index in [-0.39, 0.29) is 0 Å². The summed E-state index contributed by atoms with van der Waals surface area (Å²) in [6.45, 7) is 12.9. The summed E-state index contributed by atoms with van der Waals surface area (Å²) in [5, 5.41) is 0. The van der Waals surface area contributed by atoms with E-state index >= 15 is 0 Å². The van der Waals surface area contributed by atoms with Crippen LogP contribution in [-0.4, -0.2) is 29.9 Å². The van der Waals surface area contributed by atoms with E-state index in [0.29, 0.717) is 0 Å². The van der Waals surface area contributed by atoms with E-state index in [4.69, 9.17) is 0 Å². The minimum Gasteiger partial charge on any atom is -0.265 e. The van der Waals surface area contributed by atoms with E-state index in [1.165, 1.54) is 134 Å². The van der Waals surface area contributed by atoms with E-state index < -0.39 is 0 Å². The van der Waals surface area contributed by atoms with Gasteiger partial charge in [-0.2, -0.15) is 0 Å². The van der Waals surface area contributed by atoms with Crippen molar-refractivity contribution in [3.05, 3.63) is 471 Å². The molecule has 0 amide bonds. The lowest BCUT2D eigenvalue weighted by atomic mass is 9.97. The lowest BCUT2D eigenvalue weighted by Crippen LogP contribution is -1.85. The first kappa shape index (κ1) is 77.7. The highest BCUT2D eigenvalue weighted by atomic mass is 14.7. The van der Waals surface area contributed by atoms with Gasteiger partial charge >= 0.3 is 0 Å². The Kier molecular flexibility index (Phi) is 27.1. The van der Waals surface area contributed by atoms with Crippen LogP contribution in [0, 0.1) is 41.5 Å². The van der Waals surface area contributed by atoms with Crippen LogP contribution in [0.1, 0.15) is 33.4 Å². The number of aromatic nitrogens is 6. The Bertz CT molecular complexity index is 5410. The van der Waals surface area contributed by atoms with Crippen LogP contribution in [0.5, 0.6) is 0 Å². The van der Waals surface area contributed by atoms with Crippen molar-refractivity contribution in [3.63, 3.8) is 0 Å². The number of rotatable bonds is 12. The van der Waals surface area contributed by atoms with Gasteiger partial charge in [-0.05, 0) is 259 Å². The zero-order valence-corrected chi connectivity index (χ0v) is 65.3. The quantitative estimate of drug-likeness (QED) is 0.121. The molecule has 0 saturated heterocycles. The first-order valence-corrected chi connectivity index (χ1v) is 38.5. The van der Waals surface area contributed by atoms with Crippen LogP contribution in [0.3, 0.4) is 0 Å². The third-order valence-corrected chi connectivity index (χ3v) is 19.9. The number of aryl methyl sites for hydroxylation is 6. The lowest BCUT2D eigenvalue weighted by molar-refractivity contribution is 1.33. The number of nitrogens with zero attached hydrogens (tertiary/aromatic N) is 6. The summed E-state index contributed by atoms with van der Waals surface area (Å²) in [6, 6.07) is 131. The summed E-state index contributed by atoms with van der Waals surface area (Å²) >= 11 is 0. The zero-order valence-electron chi connectivity index (χ0n) is 65.3. The summed E-state index contributed by atoms with van der Waals surface area (Å²) < 4.78 is 0. The van der Waals surface area contributed by atoms with Crippen molar-refractivity contribution in [1.29, 1.82) is 0 Å². The predicted molar refractivity (Wildman–Crippen MR) is 479 cm³/mol.